The zero-order chi connectivity index (χ0) is 9.52. The maximum atomic E-state index is 4.04. The Morgan fingerprint density at radius 3 is 2.77 bits per heavy atom. The topological polar surface area (TPSA) is 41.0 Å². The van der Waals surface area contributed by atoms with Gasteiger partial charge in [0.25, 0.3) is 0 Å². The van der Waals surface area contributed by atoms with Gasteiger partial charge in [0, 0.05) is 24.6 Å². The van der Waals surface area contributed by atoms with E-state index in [1.54, 1.807) is 6.33 Å². The van der Waals surface area contributed by atoms with Gasteiger partial charge in [-0.2, -0.15) is 4.37 Å². The van der Waals surface area contributed by atoms with Gasteiger partial charge in [-0.15, -0.1) is 0 Å². The molecular weight excluding hydrogens is 184 g/mol. The fourth-order valence-electron chi connectivity index (χ4n) is 1.11. The third kappa shape index (κ3) is 3.69. The summed E-state index contributed by atoms with van der Waals surface area (Å²) in [6.45, 7) is 8.56. The number of aromatic nitrogens is 2. The lowest BCUT2D eigenvalue weighted by Gasteiger charge is -2.17. The van der Waals surface area contributed by atoms with E-state index in [0.717, 1.165) is 31.3 Å². The zero-order valence-electron chi connectivity index (χ0n) is 8.16. The third-order valence-electron chi connectivity index (χ3n) is 1.96. The predicted molar refractivity (Wildman–Crippen MR) is 56.2 cm³/mol. The average molecular weight is 200 g/mol. The molecular formula is C8H16N4S. The van der Waals surface area contributed by atoms with Crippen molar-refractivity contribution in [3.8, 4) is 0 Å². The minimum absolute atomic E-state index is 0.909. The van der Waals surface area contributed by atoms with Gasteiger partial charge in [-0.25, -0.2) is 4.98 Å². The first-order valence-corrected chi connectivity index (χ1v) is 5.37. The number of hydrogen-bond donors (Lipinski definition) is 1. The van der Waals surface area contributed by atoms with Gasteiger partial charge in [-0.05, 0) is 13.1 Å². The summed E-state index contributed by atoms with van der Waals surface area (Å²) in [6, 6.07) is 0. The molecule has 0 fully saturated rings. The molecule has 0 bridgehead atoms. The van der Waals surface area contributed by atoms with Gasteiger partial charge < -0.3 is 10.2 Å². The predicted octanol–water partition coefficient (Wildman–Crippen LogP) is 1.29. The quantitative estimate of drug-likeness (QED) is 0.751. The smallest absolute Gasteiger partial charge is 0.202 e. The summed E-state index contributed by atoms with van der Waals surface area (Å²) in [5.41, 5.74) is 0. The highest BCUT2D eigenvalue weighted by molar-refractivity contribution is 7.09. The van der Waals surface area contributed by atoms with Crippen LogP contribution in [0.2, 0.25) is 0 Å². The second-order valence-corrected chi connectivity index (χ2v) is 3.48. The van der Waals surface area contributed by atoms with Crippen molar-refractivity contribution in [2.45, 2.75) is 13.8 Å². The highest BCUT2D eigenvalue weighted by Gasteiger charge is 1.98. The summed E-state index contributed by atoms with van der Waals surface area (Å²) in [5, 5.41) is 4.14. The Bertz CT molecular complexity index is 208. The number of nitrogens with zero attached hydrogens (tertiary/aromatic N) is 3. The molecule has 1 N–H and O–H groups in total. The maximum absolute atomic E-state index is 4.04. The molecule has 0 aliphatic rings. The Morgan fingerprint density at radius 2 is 2.23 bits per heavy atom. The van der Waals surface area contributed by atoms with Gasteiger partial charge in [0.2, 0.25) is 5.13 Å². The van der Waals surface area contributed by atoms with Crippen molar-refractivity contribution in [3.63, 3.8) is 0 Å². The highest BCUT2D eigenvalue weighted by Crippen LogP contribution is 2.05. The van der Waals surface area contributed by atoms with E-state index in [1.807, 2.05) is 0 Å². The molecule has 0 amide bonds. The largest absolute Gasteiger partial charge is 0.359 e. The van der Waals surface area contributed by atoms with E-state index >= 15 is 0 Å². The van der Waals surface area contributed by atoms with Crippen LogP contribution in [0.3, 0.4) is 0 Å². The van der Waals surface area contributed by atoms with Crippen LogP contribution in [0.15, 0.2) is 6.33 Å². The molecule has 0 saturated heterocycles. The van der Waals surface area contributed by atoms with Crippen LogP contribution in [0.4, 0.5) is 5.13 Å². The number of anilines is 1. The van der Waals surface area contributed by atoms with E-state index in [1.165, 1.54) is 11.5 Å². The fraction of sp³-hybridized carbons (Fsp3) is 0.750. The van der Waals surface area contributed by atoms with Crippen LogP contribution in [-0.2, 0) is 0 Å². The van der Waals surface area contributed by atoms with E-state index in [-0.39, 0.29) is 0 Å². The maximum Gasteiger partial charge on any atom is 0.202 e. The Kier molecular flexibility index (Phi) is 4.70. The molecule has 4 nitrogen and oxygen atoms in total. The first kappa shape index (κ1) is 10.4. The number of nitrogens with one attached hydrogen (secondary N) is 1. The molecule has 0 saturated carbocycles. The monoisotopic (exact) mass is 200 g/mol. The molecule has 0 radical (unpaired) electrons. The van der Waals surface area contributed by atoms with Gasteiger partial charge in [0.05, 0.1) is 0 Å². The number of likely N-dealkylation sites (N-methyl/N-ethyl adjacent to an activating group) is 1. The summed E-state index contributed by atoms with van der Waals surface area (Å²) < 4.78 is 3.91. The highest BCUT2D eigenvalue weighted by atomic mass is 32.1. The second kappa shape index (κ2) is 5.88. The minimum Gasteiger partial charge on any atom is -0.359 e. The summed E-state index contributed by atoms with van der Waals surface area (Å²) in [4.78, 5) is 6.41. The Morgan fingerprint density at radius 1 is 1.46 bits per heavy atom. The molecule has 0 atom stereocenters. The normalized spacial score (nSPS) is 10.7. The van der Waals surface area contributed by atoms with E-state index in [2.05, 4.69) is 33.4 Å². The van der Waals surface area contributed by atoms with Crippen molar-refractivity contribution in [1.29, 1.82) is 0 Å². The van der Waals surface area contributed by atoms with Crippen LogP contribution in [-0.4, -0.2) is 40.4 Å². The standard InChI is InChI=1S/C8H16N4S/c1-3-12(4-2)6-5-9-8-10-7-11-13-8/h7H,3-6H2,1-2H3,(H,9,10,11). The third-order valence-corrected chi connectivity index (χ3v) is 2.58. The van der Waals surface area contributed by atoms with E-state index in [4.69, 9.17) is 0 Å². The molecule has 1 rings (SSSR count). The molecule has 0 unspecified atom stereocenters. The van der Waals surface area contributed by atoms with Crippen molar-refractivity contribution in [1.82, 2.24) is 14.3 Å². The Balaban J connectivity index is 2.13. The summed E-state index contributed by atoms with van der Waals surface area (Å²) in [7, 11) is 0. The van der Waals surface area contributed by atoms with Crippen molar-refractivity contribution >= 4 is 16.7 Å². The lowest BCUT2D eigenvalue weighted by molar-refractivity contribution is 0.316. The molecule has 74 valence electrons. The van der Waals surface area contributed by atoms with Crippen LogP contribution in [0.5, 0.6) is 0 Å². The molecule has 1 heterocycles. The summed E-state index contributed by atoms with van der Waals surface area (Å²) in [6.07, 6.45) is 1.57. The van der Waals surface area contributed by atoms with Crippen molar-refractivity contribution in [2.24, 2.45) is 0 Å². The van der Waals surface area contributed by atoms with E-state index in [0.29, 0.717) is 0 Å². The Hall–Kier alpha value is -0.680. The molecule has 1 aromatic rings. The first-order chi connectivity index (χ1) is 6.36. The summed E-state index contributed by atoms with van der Waals surface area (Å²) in [5.74, 6) is 0. The van der Waals surface area contributed by atoms with Crippen molar-refractivity contribution in [2.75, 3.05) is 31.5 Å². The van der Waals surface area contributed by atoms with Crippen molar-refractivity contribution < 1.29 is 0 Å². The van der Waals surface area contributed by atoms with Crippen LogP contribution in [0.25, 0.3) is 0 Å². The minimum atomic E-state index is 0.909. The van der Waals surface area contributed by atoms with E-state index in [9.17, 15) is 0 Å². The number of hydrogen-bond acceptors (Lipinski definition) is 5. The molecule has 13 heavy (non-hydrogen) atoms. The van der Waals surface area contributed by atoms with Gasteiger partial charge >= 0.3 is 0 Å². The molecule has 5 heteroatoms. The van der Waals surface area contributed by atoms with Crippen LogP contribution in [0, 0.1) is 0 Å². The first-order valence-electron chi connectivity index (χ1n) is 4.59. The SMILES string of the molecule is CCN(CC)CCNc1ncns1. The zero-order valence-corrected chi connectivity index (χ0v) is 8.97. The molecule has 0 aliphatic heterocycles. The summed E-state index contributed by atoms with van der Waals surface area (Å²) >= 11 is 1.40. The molecule has 0 aliphatic carbocycles. The van der Waals surface area contributed by atoms with Gasteiger partial charge in [0.15, 0.2) is 0 Å². The molecule has 1 aromatic heterocycles. The van der Waals surface area contributed by atoms with Gasteiger partial charge in [-0.1, -0.05) is 13.8 Å². The van der Waals surface area contributed by atoms with Crippen molar-refractivity contribution in [3.05, 3.63) is 6.33 Å². The van der Waals surface area contributed by atoms with E-state index < -0.39 is 0 Å². The Labute approximate surface area is 83.2 Å². The lowest BCUT2D eigenvalue weighted by atomic mass is 10.5. The lowest BCUT2D eigenvalue weighted by Crippen LogP contribution is -2.28. The van der Waals surface area contributed by atoms with Gasteiger partial charge in [-0.3, -0.25) is 0 Å². The molecule has 0 aromatic carbocycles. The van der Waals surface area contributed by atoms with Crippen LogP contribution in [0.1, 0.15) is 13.8 Å². The second-order valence-electron chi connectivity index (χ2n) is 2.70. The average Bonchev–Trinajstić information content (AvgIpc) is 2.65. The molecule has 0 spiro atoms. The number of rotatable bonds is 6. The van der Waals surface area contributed by atoms with Crippen LogP contribution < -0.4 is 5.32 Å². The fourth-order valence-corrected chi connectivity index (χ4v) is 1.57. The van der Waals surface area contributed by atoms with Gasteiger partial charge in [0.1, 0.15) is 6.33 Å². The van der Waals surface area contributed by atoms with Crippen LogP contribution >= 0.6 is 11.5 Å².